The molecule has 2 rings (SSSR count). The van der Waals surface area contributed by atoms with Gasteiger partial charge in [0, 0.05) is 25.0 Å². The van der Waals surface area contributed by atoms with Gasteiger partial charge in [0.05, 0.1) is 5.69 Å². The predicted molar refractivity (Wildman–Crippen MR) is 75.1 cm³/mol. The minimum Gasteiger partial charge on any atom is -0.298 e. The van der Waals surface area contributed by atoms with Crippen LogP contribution in [0.2, 0.25) is 0 Å². The molecule has 0 aliphatic carbocycles. The van der Waals surface area contributed by atoms with Crippen LogP contribution in [0.1, 0.15) is 39.0 Å². The largest absolute Gasteiger partial charge is 0.298 e. The fourth-order valence-electron chi connectivity index (χ4n) is 2.44. The Morgan fingerprint density at radius 3 is 2.53 bits per heavy atom. The predicted octanol–water partition coefficient (Wildman–Crippen LogP) is 3.59. The quantitative estimate of drug-likeness (QED) is 0.776. The van der Waals surface area contributed by atoms with Crippen molar-refractivity contribution >= 4 is 15.9 Å². The average Bonchev–Trinajstić information content (AvgIpc) is 2.16. The lowest BCUT2D eigenvalue weighted by Gasteiger charge is -2.38. The van der Waals surface area contributed by atoms with Crippen LogP contribution in [0.15, 0.2) is 16.7 Å². The highest BCUT2D eigenvalue weighted by atomic mass is 79.9. The summed E-state index contributed by atoms with van der Waals surface area (Å²) in [6.45, 7) is 12.5. The number of halogens is 1. The highest BCUT2D eigenvalue weighted by Gasteiger charge is 2.26. The lowest BCUT2D eigenvalue weighted by Crippen LogP contribution is -2.44. The Morgan fingerprint density at radius 1 is 1.35 bits per heavy atom. The second-order valence-corrected chi connectivity index (χ2v) is 7.00. The zero-order chi connectivity index (χ0) is 12.6. The second-order valence-electron chi connectivity index (χ2n) is 6.19. The molecule has 1 fully saturated rings. The van der Waals surface area contributed by atoms with Crippen LogP contribution in [0, 0.1) is 5.92 Å². The van der Waals surface area contributed by atoms with Crippen LogP contribution in [-0.2, 0) is 12.0 Å². The number of likely N-dealkylation sites (tertiary alicyclic amines) is 1. The number of pyridine rings is 1. The van der Waals surface area contributed by atoms with Gasteiger partial charge in [-0.15, -0.1) is 0 Å². The van der Waals surface area contributed by atoms with Crippen molar-refractivity contribution in [2.45, 2.75) is 39.7 Å². The normalized spacial score (nSPS) is 18.2. The molecular formula is C14H21BrN2. The topological polar surface area (TPSA) is 16.1 Å². The molecule has 0 radical (unpaired) electrons. The number of hydrogen-bond donors (Lipinski definition) is 0. The first-order chi connectivity index (χ1) is 7.86. The summed E-state index contributed by atoms with van der Waals surface area (Å²) in [7, 11) is 0. The van der Waals surface area contributed by atoms with E-state index in [1.807, 2.05) is 6.07 Å². The van der Waals surface area contributed by atoms with E-state index in [9.17, 15) is 0 Å². The van der Waals surface area contributed by atoms with E-state index in [4.69, 9.17) is 0 Å². The highest BCUT2D eigenvalue weighted by Crippen LogP contribution is 2.28. The van der Waals surface area contributed by atoms with Crippen molar-refractivity contribution in [3.05, 3.63) is 28.0 Å². The van der Waals surface area contributed by atoms with Crippen molar-refractivity contribution in [1.29, 1.82) is 0 Å². The Morgan fingerprint density at radius 2 is 2.00 bits per heavy atom. The summed E-state index contributed by atoms with van der Waals surface area (Å²) >= 11 is 3.47. The van der Waals surface area contributed by atoms with Gasteiger partial charge < -0.3 is 0 Å². The molecule has 1 saturated heterocycles. The van der Waals surface area contributed by atoms with Gasteiger partial charge in [0.15, 0.2) is 0 Å². The lowest BCUT2D eigenvalue weighted by atomic mass is 9.87. The SMILES string of the molecule is CC1CN(Cc2ccc(Br)nc2C(C)(C)C)C1. The average molecular weight is 297 g/mol. The van der Waals surface area contributed by atoms with Crippen molar-refractivity contribution in [3.8, 4) is 0 Å². The molecule has 0 unspecified atom stereocenters. The maximum absolute atomic E-state index is 4.66. The van der Waals surface area contributed by atoms with Crippen LogP contribution in [-0.4, -0.2) is 23.0 Å². The van der Waals surface area contributed by atoms with E-state index in [1.54, 1.807) is 0 Å². The first-order valence-electron chi connectivity index (χ1n) is 6.24. The highest BCUT2D eigenvalue weighted by molar-refractivity contribution is 9.10. The van der Waals surface area contributed by atoms with Crippen molar-refractivity contribution < 1.29 is 0 Å². The van der Waals surface area contributed by atoms with Crippen molar-refractivity contribution in [1.82, 2.24) is 9.88 Å². The van der Waals surface area contributed by atoms with Crippen LogP contribution < -0.4 is 0 Å². The van der Waals surface area contributed by atoms with E-state index in [1.165, 1.54) is 24.3 Å². The molecule has 94 valence electrons. The van der Waals surface area contributed by atoms with Crippen molar-refractivity contribution in [2.24, 2.45) is 5.92 Å². The Labute approximate surface area is 113 Å². The van der Waals surface area contributed by atoms with Gasteiger partial charge in [0.25, 0.3) is 0 Å². The molecule has 17 heavy (non-hydrogen) atoms. The van der Waals surface area contributed by atoms with Crippen LogP contribution in [0.25, 0.3) is 0 Å². The lowest BCUT2D eigenvalue weighted by molar-refractivity contribution is 0.104. The van der Waals surface area contributed by atoms with Gasteiger partial charge >= 0.3 is 0 Å². The van der Waals surface area contributed by atoms with E-state index >= 15 is 0 Å². The number of hydrogen-bond acceptors (Lipinski definition) is 2. The van der Waals surface area contributed by atoms with E-state index < -0.39 is 0 Å². The van der Waals surface area contributed by atoms with Crippen LogP contribution in [0.5, 0.6) is 0 Å². The summed E-state index contributed by atoms with van der Waals surface area (Å²) in [4.78, 5) is 7.16. The molecule has 3 heteroatoms. The van der Waals surface area contributed by atoms with Gasteiger partial charge in [-0.05, 0) is 33.5 Å². The standard InChI is InChI=1S/C14H21BrN2/c1-10-7-17(8-10)9-11-5-6-12(15)16-13(11)14(2,3)4/h5-6,10H,7-9H2,1-4H3. The van der Waals surface area contributed by atoms with Crippen LogP contribution >= 0.6 is 15.9 Å². The minimum atomic E-state index is 0.107. The molecule has 2 heterocycles. The smallest absolute Gasteiger partial charge is 0.106 e. The fraction of sp³-hybridized carbons (Fsp3) is 0.643. The first-order valence-corrected chi connectivity index (χ1v) is 7.04. The van der Waals surface area contributed by atoms with Gasteiger partial charge in [-0.25, -0.2) is 4.98 Å². The fourth-order valence-corrected chi connectivity index (χ4v) is 2.75. The molecule has 1 aliphatic rings. The number of rotatable bonds is 2. The molecule has 0 amide bonds. The monoisotopic (exact) mass is 296 g/mol. The van der Waals surface area contributed by atoms with Gasteiger partial charge in [-0.2, -0.15) is 0 Å². The third kappa shape index (κ3) is 3.08. The molecule has 0 atom stereocenters. The zero-order valence-electron chi connectivity index (χ0n) is 11.1. The van der Waals surface area contributed by atoms with E-state index in [0.29, 0.717) is 0 Å². The molecular weight excluding hydrogens is 276 g/mol. The summed E-state index contributed by atoms with van der Waals surface area (Å²) in [6, 6.07) is 4.26. The molecule has 2 nitrogen and oxygen atoms in total. The van der Waals surface area contributed by atoms with E-state index in [0.717, 1.165) is 17.1 Å². The second kappa shape index (κ2) is 4.69. The van der Waals surface area contributed by atoms with Crippen molar-refractivity contribution in [3.63, 3.8) is 0 Å². The summed E-state index contributed by atoms with van der Waals surface area (Å²) < 4.78 is 0.933. The molecule has 1 aromatic heterocycles. The summed E-state index contributed by atoms with van der Waals surface area (Å²) in [6.07, 6.45) is 0. The summed E-state index contributed by atoms with van der Waals surface area (Å²) in [5.41, 5.74) is 2.69. The molecule has 0 bridgehead atoms. The Hall–Kier alpha value is -0.410. The molecule has 0 spiro atoms. The van der Waals surface area contributed by atoms with E-state index in [2.05, 4.69) is 59.6 Å². The summed E-state index contributed by atoms with van der Waals surface area (Å²) in [5, 5.41) is 0. The molecule has 1 aromatic rings. The third-order valence-electron chi connectivity index (χ3n) is 3.19. The molecule has 0 aromatic carbocycles. The Kier molecular flexibility index (Phi) is 3.60. The molecule has 1 aliphatic heterocycles. The van der Waals surface area contributed by atoms with Gasteiger partial charge in [0.1, 0.15) is 4.60 Å². The van der Waals surface area contributed by atoms with Gasteiger partial charge in [-0.1, -0.05) is 33.8 Å². The summed E-state index contributed by atoms with van der Waals surface area (Å²) in [5.74, 6) is 0.858. The molecule has 0 saturated carbocycles. The van der Waals surface area contributed by atoms with Crippen LogP contribution in [0.4, 0.5) is 0 Å². The Bertz CT molecular complexity index is 403. The van der Waals surface area contributed by atoms with Gasteiger partial charge in [-0.3, -0.25) is 4.90 Å². The minimum absolute atomic E-state index is 0.107. The zero-order valence-corrected chi connectivity index (χ0v) is 12.7. The van der Waals surface area contributed by atoms with Gasteiger partial charge in [0.2, 0.25) is 0 Å². The first kappa shape index (κ1) is 13.0. The number of aromatic nitrogens is 1. The maximum Gasteiger partial charge on any atom is 0.106 e. The van der Waals surface area contributed by atoms with Crippen molar-refractivity contribution in [2.75, 3.05) is 13.1 Å². The van der Waals surface area contributed by atoms with E-state index in [-0.39, 0.29) is 5.41 Å². The maximum atomic E-state index is 4.66. The third-order valence-corrected chi connectivity index (χ3v) is 3.63. The number of nitrogens with zero attached hydrogens (tertiary/aromatic N) is 2. The molecule has 0 N–H and O–H groups in total. The Balaban J connectivity index is 2.21. The van der Waals surface area contributed by atoms with Crippen LogP contribution in [0.3, 0.4) is 0 Å².